The summed E-state index contributed by atoms with van der Waals surface area (Å²) >= 11 is 0. The van der Waals surface area contributed by atoms with Crippen LogP contribution < -0.4 is 5.32 Å². The molecule has 2 unspecified atom stereocenters. The fraction of sp³-hybridized carbons (Fsp3) is 0.857. The third-order valence-electron chi connectivity index (χ3n) is 3.79. The maximum absolute atomic E-state index is 11.7. The summed E-state index contributed by atoms with van der Waals surface area (Å²) < 4.78 is 0. The lowest BCUT2D eigenvalue weighted by molar-refractivity contribution is -0.139. The number of hydrogen-bond donors (Lipinski definition) is 2. The lowest BCUT2D eigenvalue weighted by atomic mass is 9.69. The fourth-order valence-corrected chi connectivity index (χ4v) is 2.84. The summed E-state index contributed by atoms with van der Waals surface area (Å²) in [4.78, 5) is 22.2. The van der Waals surface area contributed by atoms with Crippen LogP contribution in [-0.2, 0) is 9.59 Å². The van der Waals surface area contributed by atoms with Gasteiger partial charge in [0, 0.05) is 12.5 Å². The van der Waals surface area contributed by atoms with Gasteiger partial charge in [-0.1, -0.05) is 33.6 Å². The highest BCUT2D eigenvalue weighted by Gasteiger charge is 2.34. The molecule has 0 radical (unpaired) electrons. The molecule has 1 fully saturated rings. The van der Waals surface area contributed by atoms with Crippen molar-refractivity contribution in [3.8, 4) is 0 Å². The van der Waals surface area contributed by atoms with Crippen molar-refractivity contribution in [3.63, 3.8) is 0 Å². The van der Waals surface area contributed by atoms with E-state index in [9.17, 15) is 9.59 Å². The molecule has 4 nitrogen and oxygen atoms in total. The first-order chi connectivity index (χ1) is 8.30. The molecule has 104 valence electrons. The van der Waals surface area contributed by atoms with Crippen molar-refractivity contribution in [2.45, 2.75) is 65.3 Å². The van der Waals surface area contributed by atoms with Gasteiger partial charge in [0.05, 0.1) is 6.42 Å². The molecule has 0 bridgehead atoms. The molecule has 1 aliphatic rings. The van der Waals surface area contributed by atoms with E-state index < -0.39 is 5.97 Å². The van der Waals surface area contributed by atoms with Crippen LogP contribution in [0.25, 0.3) is 0 Å². The minimum atomic E-state index is -0.916. The minimum Gasteiger partial charge on any atom is -0.481 e. The Labute approximate surface area is 109 Å². The van der Waals surface area contributed by atoms with Gasteiger partial charge in [0.2, 0.25) is 5.91 Å². The Kier molecular flexibility index (Phi) is 5.17. The average Bonchev–Trinajstić information content (AvgIpc) is 2.25. The van der Waals surface area contributed by atoms with E-state index in [0.717, 1.165) is 19.3 Å². The maximum atomic E-state index is 11.7. The predicted octanol–water partition coefficient (Wildman–Crippen LogP) is 2.57. The zero-order valence-corrected chi connectivity index (χ0v) is 11.7. The number of hydrogen-bond acceptors (Lipinski definition) is 2. The molecule has 0 aromatic carbocycles. The van der Waals surface area contributed by atoms with Gasteiger partial charge in [-0.05, 0) is 24.2 Å². The topological polar surface area (TPSA) is 66.4 Å². The summed E-state index contributed by atoms with van der Waals surface area (Å²) in [5.74, 6) is -0.556. The van der Waals surface area contributed by atoms with Crippen LogP contribution in [0.15, 0.2) is 0 Å². The van der Waals surface area contributed by atoms with Gasteiger partial charge in [0.25, 0.3) is 0 Å². The molecule has 0 aliphatic heterocycles. The normalized spacial score (nSPS) is 24.6. The Morgan fingerprint density at radius 1 is 1.17 bits per heavy atom. The van der Waals surface area contributed by atoms with Gasteiger partial charge in [-0.3, -0.25) is 9.59 Å². The van der Waals surface area contributed by atoms with Crippen molar-refractivity contribution >= 4 is 11.9 Å². The molecule has 0 spiro atoms. The Morgan fingerprint density at radius 3 is 2.33 bits per heavy atom. The van der Waals surface area contributed by atoms with E-state index in [-0.39, 0.29) is 30.2 Å². The second kappa shape index (κ2) is 6.21. The van der Waals surface area contributed by atoms with E-state index >= 15 is 0 Å². The molecule has 18 heavy (non-hydrogen) atoms. The van der Waals surface area contributed by atoms with Crippen LogP contribution in [0.3, 0.4) is 0 Å². The Bertz CT molecular complexity index is 307. The van der Waals surface area contributed by atoms with Gasteiger partial charge in [-0.2, -0.15) is 0 Å². The van der Waals surface area contributed by atoms with Crippen molar-refractivity contribution in [1.29, 1.82) is 0 Å². The minimum absolute atomic E-state index is 0.0846. The van der Waals surface area contributed by atoms with Gasteiger partial charge >= 0.3 is 5.97 Å². The van der Waals surface area contributed by atoms with Gasteiger partial charge in [-0.25, -0.2) is 0 Å². The van der Waals surface area contributed by atoms with Crippen molar-refractivity contribution < 1.29 is 14.7 Å². The van der Waals surface area contributed by atoms with E-state index in [2.05, 4.69) is 26.1 Å². The summed E-state index contributed by atoms with van der Waals surface area (Å²) in [6.45, 7) is 6.62. The van der Waals surface area contributed by atoms with Crippen molar-refractivity contribution in [3.05, 3.63) is 0 Å². The highest BCUT2D eigenvalue weighted by atomic mass is 16.4. The lowest BCUT2D eigenvalue weighted by Crippen LogP contribution is -2.46. The molecule has 0 heterocycles. The Hall–Kier alpha value is -1.06. The average molecular weight is 255 g/mol. The summed E-state index contributed by atoms with van der Waals surface area (Å²) in [6, 6.07) is 0.208. The molecule has 0 saturated heterocycles. The molecule has 1 saturated carbocycles. The van der Waals surface area contributed by atoms with Gasteiger partial charge in [0.1, 0.15) is 0 Å². The summed E-state index contributed by atoms with van der Waals surface area (Å²) in [6.07, 6.45) is 4.54. The number of amides is 1. The highest BCUT2D eigenvalue weighted by molar-refractivity contribution is 5.80. The van der Waals surface area contributed by atoms with E-state index in [1.165, 1.54) is 6.42 Å². The second-order valence-corrected chi connectivity index (χ2v) is 6.32. The van der Waals surface area contributed by atoms with Gasteiger partial charge < -0.3 is 10.4 Å². The molecule has 0 aromatic rings. The number of nitrogens with one attached hydrogen (secondary N) is 1. The first kappa shape index (κ1) is 15.0. The highest BCUT2D eigenvalue weighted by Crippen LogP contribution is 2.37. The monoisotopic (exact) mass is 255 g/mol. The van der Waals surface area contributed by atoms with Crippen LogP contribution in [0.1, 0.15) is 59.3 Å². The smallest absolute Gasteiger partial charge is 0.303 e. The number of carboxylic acids is 1. The third-order valence-corrected chi connectivity index (χ3v) is 3.79. The van der Waals surface area contributed by atoms with Crippen LogP contribution >= 0.6 is 0 Å². The predicted molar refractivity (Wildman–Crippen MR) is 70.2 cm³/mol. The zero-order valence-electron chi connectivity index (χ0n) is 11.7. The van der Waals surface area contributed by atoms with E-state index in [1.807, 2.05) is 0 Å². The number of rotatable bonds is 4. The Morgan fingerprint density at radius 2 is 1.78 bits per heavy atom. The quantitative estimate of drug-likeness (QED) is 0.811. The third kappa shape index (κ3) is 4.67. The molecule has 4 heteroatoms. The number of carbonyl (C=O) groups is 2. The van der Waals surface area contributed by atoms with E-state index in [4.69, 9.17) is 5.11 Å². The largest absolute Gasteiger partial charge is 0.481 e. The Balaban J connectivity index is 2.52. The van der Waals surface area contributed by atoms with Gasteiger partial charge in [0.15, 0.2) is 0 Å². The summed E-state index contributed by atoms with van der Waals surface area (Å²) in [7, 11) is 0. The molecular weight excluding hydrogens is 230 g/mol. The second-order valence-electron chi connectivity index (χ2n) is 6.32. The first-order valence-electron chi connectivity index (χ1n) is 6.82. The van der Waals surface area contributed by atoms with Crippen molar-refractivity contribution in [2.24, 2.45) is 11.3 Å². The standard InChI is InChI=1S/C14H25NO3/c1-14(2,3)10-6-4-5-7-11(10)15-12(16)8-9-13(17)18/h10-11H,4-9H2,1-3H3,(H,15,16)(H,17,18). The molecule has 1 rings (SSSR count). The van der Waals surface area contributed by atoms with E-state index in [1.54, 1.807) is 0 Å². The van der Waals surface area contributed by atoms with Crippen LogP contribution in [0, 0.1) is 11.3 Å². The van der Waals surface area contributed by atoms with Crippen LogP contribution in [0.4, 0.5) is 0 Å². The number of aliphatic carboxylic acids is 1. The van der Waals surface area contributed by atoms with E-state index in [0.29, 0.717) is 5.92 Å². The molecular formula is C14H25NO3. The fourth-order valence-electron chi connectivity index (χ4n) is 2.84. The van der Waals surface area contributed by atoms with Crippen molar-refractivity contribution in [1.82, 2.24) is 5.32 Å². The van der Waals surface area contributed by atoms with Crippen LogP contribution in [-0.4, -0.2) is 23.0 Å². The van der Waals surface area contributed by atoms with Crippen molar-refractivity contribution in [2.75, 3.05) is 0 Å². The van der Waals surface area contributed by atoms with Crippen LogP contribution in [0.5, 0.6) is 0 Å². The van der Waals surface area contributed by atoms with Crippen LogP contribution in [0.2, 0.25) is 0 Å². The number of carboxylic acid groups (broad SMARTS) is 1. The molecule has 0 aromatic heterocycles. The van der Waals surface area contributed by atoms with Gasteiger partial charge in [-0.15, -0.1) is 0 Å². The lowest BCUT2D eigenvalue weighted by Gasteiger charge is -2.40. The summed E-state index contributed by atoms with van der Waals surface area (Å²) in [5, 5.41) is 11.6. The maximum Gasteiger partial charge on any atom is 0.303 e. The molecule has 1 amide bonds. The SMILES string of the molecule is CC(C)(C)C1CCCCC1NC(=O)CCC(=O)O. The summed E-state index contributed by atoms with van der Waals surface area (Å²) in [5.41, 5.74) is 0.186. The molecule has 1 aliphatic carbocycles. The first-order valence-corrected chi connectivity index (χ1v) is 6.82. The molecule has 2 atom stereocenters. The number of carbonyl (C=O) groups excluding carboxylic acids is 1. The zero-order chi connectivity index (χ0) is 13.8. The molecule has 2 N–H and O–H groups in total.